The van der Waals surface area contributed by atoms with E-state index < -0.39 is 0 Å². The van der Waals surface area contributed by atoms with E-state index in [0.717, 1.165) is 35.0 Å². The van der Waals surface area contributed by atoms with Crippen LogP contribution < -0.4 is 5.32 Å². The Morgan fingerprint density at radius 3 is 2.74 bits per heavy atom. The lowest BCUT2D eigenvalue weighted by Gasteiger charge is -2.34. The van der Waals surface area contributed by atoms with Crippen molar-refractivity contribution in [1.82, 2.24) is 14.8 Å². The molecule has 19 heavy (non-hydrogen) atoms. The number of hydrogen-bond donors (Lipinski definition) is 1. The summed E-state index contributed by atoms with van der Waals surface area (Å²) in [6.07, 6.45) is 0.791. The third-order valence-electron chi connectivity index (χ3n) is 3.54. The summed E-state index contributed by atoms with van der Waals surface area (Å²) in [6.45, 7) is 8.00. The van der Waals surface area contributed by atoms with Crippen LogP contribution in [0.5, 0.6) is 0 Å². The Labute approximate surface area is 111 Å². The van der Waals surface area contributed by atoms with E-state index >= 15 is 0 Å². The summed E-state index contributed by atoms with van der Waals surface area (Å²) in [5, 5.41) is 11.9. The second kappa shape index (κ2) is 3.79. The number of halogens is 1. The molecule has 0 saturated heterocycles. The molecule has 2 heterocycles. The summed E-state index contributed by atoms with van der Waals surface area (Å²) < 4.78 is 15.7. The molecule has 1 aromatic carbocycles. The van der Waals surface area contributed by atoms with Gasteiger partial charge in [-0.2, -0.15) is 0 Å². The average Bonchev–Trinajstić information content (AvgIpc) is 2.71. The maximum Gasteiger partial charge on any atom is 0.162 e. The zero-order valence-electron chi connectivity index (χ0n) is 11.6. The average molecular weight is 260 g/mol. The molecule has 1 aromatic heterocycles. The highest BCUT2D eigenvalue weighted by Crippen LogP contribution is 2.38. The summed E-state index contributed by atoms with van der Waals surface area (Å²) in [7, 11) is 0. The highest BCUT2D eigenvalue weighted by Gasteiger charge is 2.35. The van der Waals surface area contributed by atoms with Gasteiger partial charge in [0.15, 0.2) is 5.82 Å². The van der Waals surface area contributed by atoms with Gasteiger partial charge in [0.1, 0.15) is 11.6 Å². The van der Waals surface area contributed by atoms with Gasteiger partial charge in [-0.05, 0) is 38.5 Å². The van der Waals surface area contributed by atoms with Crippen molar-refractivity contribution in [2.75, 3.05) is 5.32 Å². The fourth-order valence-electron chi connectivity index (χ4n) is 2.71. The summed E-state index contributed by atoms with van der Waals surface area (Å²) in [4.78, 5) is 0. The van der Waals surface area contributed by atoms with Gasteiger partial charge < -0.3 is 5.32 Å². The van der Waals surface area contributed by atoms with Crippen molar-refractivity contribution >= 4 is 5.69 Å². The van der Waals surface area contributed by atoms with Gasteiger partial charge in [0.25, 0.3) is 0 Å². The molecule has 0 atom stereocenters. The molecule has 2 aromatic rings. The first-order chi connectivity index (χ1) is 8.94. The van der Waals surface area contributed by atoms with Crippen LogP contribution in [0.1, 0.15) is 38.0 Å². The van der Waals surface area contributed by atoms with Crippen molar-refractivity contribution in [3.8, 4) is 5.69 Å². The summed E-state index contributed by atoms with van der Waals surface area (Å²) in [5.74, 6) is 1.54. The molecule has 3 rings (SSSR count). The Morgan fingerprint density at radius 2 is 2.05 bits per heavy atom. The molecule has 1 N–H and O–H groups in total. The number of nitrogens with one attached hydrogen (secondary N) is 1. The lowest BCUT2D eigenvalue weighted by molar-refractivity contribution is 0.531. The highest BCUT2D eigenvalue weighted by molar-refractivity contribution is 5.69. The molecule has 0 fully saturated rings. The highest BCUT2D eigenvalue weighted by atomic mass is 19.1. The van der Waals surface area contributed by atoms with Crippen LogP contribution in [-0.4, -0.2) is 14.8 Å². The van der Waals surface area contributed by atoms with Gasteiger partial charge in [-0.25, -0.2) is 4.39 Å². The molecule has 0 aliphatic carbocycles. The SMILES string of the molecule is CCc1nnc2n1-c1c(C)cc(F)cc1NC2(C)C. The zero-order valence-corrected chi connectivity index (χ0v) is 11.6. The first-order valence-corrected chi connectivity index (χ1v) is 6.47. The Kier molecular flexibility index (Phi) is 2.42. The van der Waals surface area contributed by atoms with Gasteiger partial charge >= 0.3 is 0 Å². The van der Waals surface area contributed by atoms with E-state index in [1.165, 1.54) is 6.07 Å². The number of hydrogen-bond acceptors (Lipinski definition) is 3. The molecule has 0 saturated carbocycles. The lowest BCUT2D eigenvalue weighted by atomic mass is 9.98. The van der Waals surface area contributed by atoms with Gasteiger partial charge in [0, 0.05) is 6.42 Å². The first kappa shape index (κ1) is 12.1. The Morgan fingerprint density at radius 1 is 1.32 bits per heavy atom. The largest absolute Gasteiger partial charge is 0.371 e. The molecule has 0 spiro atoms. The Balaban J connectivity index is 2.37. The Hall–Kier alpha value is -1.91. The summed E-state index contributed by atoms with van der Waals surface area (Å²) in [5.41, 5.74) is 2.27. The van der Waals surface area contributed by atoms with Gasteiger partial charge in [-0.3, -0.25) is 4.57 Å². The summed E-state index contributed by atoms with van der Waals surface area (Å²) >= 11 is 0. The first-order valence-electron chi connectivity index (χ1n) is 6.47. The van der Waals surface area contributed by atoms with E-state index in [9.17, 15) is 4.39 Å². The number of anilines is 1. The van der Waals surface area contributed by atoms with Gasteiger partial charge in [-0.1, -0.05) is 6.92 Å². The van der Waals surface area contributed by atoms with Crippen LogP contribution in [0.2, 0.25) is 0 Å². The van der Waals surface area contributed by atoms with Gasteiger partial charge in [-0.15, -0.1) is 10.2 Å². The maximum atomic E-state index is 13.6. The number of benzene rings is 1. The van der Waals surface area contributed by atoms with E-state index in [1.807, 2.05) is 27.7 Å². The van der Waals surface area contributed by atoms with Crippen LogP contribution in [0.4, 0.5) is 10.1 Å². The number of rotatable bonds is 1. The number of aromatic nitrogens is 3. The molecule has 0 unspecified atom stereocenters. The van der Waals surface area contributed by atoms with E-state index in [4.69, 9.17) is 0 Å². The summed E-state index contributed by atoms with van der Waals surface area (Å²) in [6, 6.07) is 3.08. The van der Waals surface area contributed by atoms with Crippen molar-refractivity contribution in [3.05, 3.63) is 35.2 Å². The van der Waals surface area contributed by atoms with Gasteiger partial charge in [0.2, 0.25) is 0 Å². The quantitative estimate of drug-likeness (QED) is 0.857. The van der Waals surface area contributed by atoms with Crippen molar-refractivity contribution in [3.63, 3.8) is 0 Å². The van der Waals surface area contributed by atoms with Crippen LogP contribution >= 0.6 is 0 Å². The molecule has 4 nitrogen and oxygen atoms in total. The fraction of sp³-hybridized carbons (Fsp3) is 0.429. The van der Waals surface area contributed by atoms with Crippen molar-refractivity contribution < 1.29 is 4.39 Å². The standard InChI is InChI=1S/C14H17FN4/c1-5-11-17-18-13-14(3,4)16-10-7-9(15)6-8(2)12(10)19(11)13/h6-7,16H,5H2,1-4H3. The van der Waals surface area contributed by atoms with Gasteiger partial charge in [0.05, 0.1) is 16.9 Å². The molecular formula is C14H17FN4. The number of nitrogens with zero attached hydrogens (tertiary/aromatic N) is 3. The monoisotopic (exact) mass is 260 g/mol. The van der Waals surface area contributed by atoms with E-state index in [-0.39, 0.29) is 11.4 Å². The van der Waals surface area contributed by atoms with Crippen molar-refractivity contribution in [2.45, 2.75) is 39.7 Å². The minimum atomic E-state index is -0.367. The minimum Gasteiger partial charge on any atom is -0.371 e. The Bertz CT molecular complexity index is 658. The molecule has 1 aliphatic heterocycles. The second-order valence-corrected chi connectivity index (χ2v) is 5.50. The number of fused-ring (bicyclic) bond motifs is 3. The fourth-order valence-corrected chi connectivity index (χ4v) is 2.71. The third-order valence-corrected chi connectivity index (χ3v) is 3.54. The maximum absolute atomic E-state index is 13.6. The van der Waals surface area contributed by atoms with Crippen LogP contribution in [-0.2, 0) is 12.0 Å². The predicted molar refractivity (Wildman–Crippen MR) is 72.1 cm³/mol. The topological polar surface area (TPSA) is 42.7 Å². The molecule has 5 heteroatoms. The molecule has 0 radical (unpaired) electrons. The molecule has 0 bridgehead atoms. The van der Waals surface area contributed by atoms with E-state index in [1.54, 1.807) is 6.07 Å². The van der Waals surface area contributed by atoms with Crippen molar-refractivity contribution in [1.29, 1.82) is 0 Å². The van der Waals surface area contributed by atoms with Crippen LogP contribution in [0.15, 0.2) is 12.1 Å². The van der Waals surface area contributed by atoms with Crippen LogP contribution in [0.3, 0.4) is 0 Å². The molecular weight excluding hydrogens is 243 g/mol. The third kappa shape index (κ3) is 1.64. The van der Waals surface area contributed by atoms with Crippen LogP contribution in [0, 0.1) is 12.7 Å². The molecule has 1 aliphatic rings. The lowest BCUT2D eigenvalue weighted by Crippen LogP contribution is -2.36. The normalized spacial score (nSPS) is 15.6. The zero-order chi connectivity index (χ0) is 13.8. The number of aryl methyl sites for hydroxylation is 2. The van der Waals surface area contributed by atoms with E-state index in [0.29, 0.717) is 0 Å². The minimum absolute atomic E-state index is 0.228. The predicted octanol–water partition coefficient (Wildman–Crippen LogP) is 2.94. The smallest absolute Gasteiger partial charge is 0.162 e. The van der Waals surface area contributed by atoms with Crippen molar-refractivity contribution in [2.24, 2.45) is 0 Å². The second-order valence-electron chi connectivity index (χ2n) is 5.50. The molecule has 0 amide bonds. The van der Waals surface area contributed by atoms with E-state index in [2.05, 4.69) is 20.1 Å². The molecule has 100 valence electrons. The van der Waals surface area contributed by atoms with Crippen LogP contribution in [0.25, 0.3) is 5.69 Å².